The van der Waals surface area contributed by atoms with Gasteiger partial charge in [-0.15, -0.1) is 11.3 Å². The smallest absolute Gasteiger partial charge is 0.193 e. The summed E-state index contributed by atoms with van der Waals surface area (Å²) < 4.78 is 13.7. The Morgan fingerprint density at radius 3 is 2.73 bits per heavy atom. The Morgan fingerprint density at radius 2 is 2.00 bits per heavy atom. The topological polar surface area (TPSA) is 0 Å². The van der Waals surface area contributed by atoms with Gasteiger partial charge in [-0.3, -0.25) is 0 Å². The lowest BCUT2D eigenvalue weighted by Crippen LogP contribution is -1.62. The molecule has 0 N–H and O–H groups in total. The van der Waals surface area contributed by atoms with Crippen LogP contribution < -0.4 is 0 Å². The lowest BCUT2D eigenvalue weighted by atomic mass is 10.3. The van der Waals surface area contributed by atoms with E-state index in [1.54, 1.807) is 0 Å². The fourth-order valence-electron chi connectivity index (χ4n) is 0.984. The molecule has 0 atom stereocenters. The normalized spacial score (nSPS) is 10.7. The minimum atomic E-state index is -0.298. The average Bonchev–Trinajstić information content (AvgIpc) is 2.30. The summed E-state index contributed by atoms with van der Waals surface area (Å²) in [5.74, 6) is 0. The van der Waals surface area contributed by atoms with E-state index in [0.29, 0.717) is 0 Å². The van der Waals surface area contributed by atoms with Crippen molar-refractivity contribution < 1.29 is 4.39 Å². The first kappa shape index (κ1) is 7.07. The summed E-state index contributed by atoms with van der Waals surface area (Å²) in [5, 5.41) is 0.745. The van der Waals surface area contributed by atoms with Gasteiger partial charge in [-0.2, -0.15) is 4.39 Å². The van der Waals surface area contributed by atoms with Crippen LogP contribution in [0.5, 0.6) is 0 Å². The van der Waals surface area contributed by atoms with Crippen molar-refractivity contribution in [2.75, 3.05) is 0 Å². The Labute approximate surface area is 72.2 Å². The zero-order valence-corrected chi connectivity index (χ0v) is 7.05. The summed E-state index contributed by atoms with van der Waals surface area (Å²) in [4.78, 5) is 0. The van der Waals surface area contributed by atoms with E-state index in [1.165, 1.54) is 0 Å². The maximum Gasteiger partial charge on any atom is 0.196 e. The first-order chi connectivity index (χ1) is 5.29. The molecule has 3 heteroatoms. The highest BCUT2D eigenvalue weighted by Gasteiger charge is 2.07. The molecule has 0 aliphatic heterocycles. The van der Waals surface area contributed by atoms with Crippen LogP contribution in [0.4, 0.5) is 4.39 Å². The Balaban J connectivity index is 2.92. The van der Waals surface area contributed by atoms with Crippen molar-refractivity contribution in [1.82, 2.24) is 0 Å². The van der Waals surface area contributed by atoms with Gasteiger partial charge in [0.15, 0.2) is 5.13 Å². The molecule has 0 bridgehead atoms. The van der Waals surface area contributed by atoms with Crippen LogP contribution in [0.1, 0.15) is 0 Å². The van der Waals surface area contributed by atoms with Gasteiger partial charge >= 0.3 is 0 Å². The second-order valence-corrected chi connectivity index (χ2v) is 3.57. The molecule has 0 radical (unpaired) electrons. The second kappa shape index (κ2) is 2.47. The predicted molar refractivity (Wildman–Crippen MR) is 46.8 cm³/mol. The largest absolute Gasteiger partial charge is 0.196 e. The van der Waals surface area contributed by atoms with Crippen LogP contribution in [0.15, 0.2) is 24.3 Å². The minimum absolute atomic E-state index is 0.241. The molecule has 0 amide bonds. The molecule has 0 spiro atoms. The monoisotopic (exact) mass is 186 g/mol. The first-order valence-corrected chi connectivity index (χ1v) is 4.31. The molecule has 0 aliphatic carbocycles. The van der Waals surface area contributed by atoms with Crippen LogP contribution in [-0.2, 0) is 0 Å². The van der Waals surface area contributed by atoms with Gasteiger partial charge < -0.3 is 0 Å². The number of rotatable bonds is 0. The van der Waals surface area contributed by atoms with E-state index >= 15 is 0 Å². The number of benzene rings is 1. The molecule has 56 valence electrons. The van der Waals surface area contributed by atoms with Gasteiger partial charge in [-0.05, 0) is 6.07 Å². The van der Waals surface area contributed by atoms with Gasteiger partial charge in [0.1, 0.15) is 0 Å². The summed E-state index contributed by atoms with van der Waals surface area (Å²) in [6.07, 6.45) is 0. The molecule has 11 heavy (non-hydrogen) atoms. The lowest BCUT2D eigenvalue weighted by molar-refractivity contribution is 0.658. The first-order valence-electron chi connectivity index (χ1n) is 3.11. The van der Waals surface area contributed by atoms with E-state index in [9.17, 15) is 4.39 Å². The van der Waals surface area contributed by atoms with Crippen molar-refractivity contribution in [3.63, 3.8) is 0 Å². The van der Waals surface area contributed by atoms with E-state index in [1.807, 2.05) is 24.3 Å². The maximum atomic E-state index is 12.8. The number of hydrogen-bond donors (Lipinski definition) is 0. The van der Waals surface area contributed by atoms with Gasteiger partial charge in [0, 0.05) is 10.1 Å². The fourth-order valence-corrected chi connectivity index (χ4v) is 2.14. The average molecular weight is 187 g/mol. The third-order valence-electron chi connectivity index (χ3n) is 1.50. The van der Waals surface area contributed by atoms with Crippen molar-refractivity contribution in [1.29, 1.82) is 0 Å². The van der Waals surface area contributed by atoms with Crippen LogP contribution >= 0.6 is 22.9 Å². The van der Waals surface area contributed by atoms with E-state index < -0.39 is 0 Å². The zero-order valence-electron chi connectivity index (χ0n) is 5.47. The summed E-state index contributed by atoms with van der Waals surface area (Å²) in [7, 11) is 0. The Morgan fingerprint density at radius 1 is 1.27 bits per heavy atom. The van der Waals surface area contributed by atoms with Gasteiger partial charge in [-0.25, -0.2) is 0 Å². The van der Waals surface area contributed by atoms with Crippen LogP contribution in [0.2, 0.25) is 5.02 Å². The highest BCUT2D eigenvalue weighted by molar-refractivity contribution is 7.18. The van der Waals surface area contributed by atoms with Gasteiger partial charge in [0.05, 0.1) is 5.02 Å². The third kappa shape index (κ3) is 1.03. The molecule has 0 nitrogen and oxygen atoms in total. The van der Waals surface area contributed by atoms with Crippen molar-refractivity contribution in [2.24, 2.45) is 0 Å². The molecule has 2 rings (SSSR count). The molecule has 0 unspecified atom stereocenters. The van der Waals surface area contributed by atoms with E-state index in [4.69, 9.17) is 11.6 Å². The number of hydrogen-bond acceptors (Lipinski definition) is 1. The molecule has 0 saturated heterocycles. The molecule has 0 saturated carbocycles. The molecule has 1 aromatic heterocycles. The maximum absolute atomic E-state index is 12.8. The fraction of sp³-hybridized carbons (Fsp3) is 0. The Kier molecular flexibility index (Phi) is 1.59. The third-order valence-corrected chi connectivity index (χ3v) is 2.94. The highest BCUT2D eigenvalue weighted by atomic mass is 35.5. The summed E-state index contributed by atoms with van der Waals surface area (Å²) in [5.41, 5.74) is 0. The van der Waals surface area contributed by atoms with Crippen LogP contribution in [0, 0.1) is 5.13 Å². The number of halogens is 2. The van der Waals surface area contributed by atoms with Gasteiger partial charge in [-0.1, -0.05) is 29.8 Å². The van der Waals surface area contributed by atoms with Crippen molar-refractivity contribution >= 4 is 33.0 Å². The van der Waals surface area contributed by atoms with Crippen molar-refractivity contribution in [2.45, 2.75) is 0 Å². The van der Waals surface area contributed by atoms with E-state index in [2.05, 4.69) is 0 Å². The molecular weight excluding hydrogens is 183 g/mol. The molecule has 2 aromatic rings. The highest BCUT2D eigenvalue weighted by Crippen LogP contribution is 2.33. The van der Waals surface area contributed by atoms with Crippen LogP contribution in [0.25, 0.3) is 10.1 Å². The SMILES string of the molecule is Fc1sc2ccccc2c1Cl. The summed E-state index contributed by atoms with van der Waals surface area (Å²) in [6.45, 7) is 0. The quantitative estimate of drug-likeness (QED) is 0.589. The molecular formula is C8H4ClFS. The predicted octanol–water partition coefficient (Wildman–Crippen LogP) is 3.69. The van der Waals surface area contributed by atoms with Crippen LogP contribution in [0.3, 0.4) is 0 Å². The van der Waals surface area contributed by atoms with Gasteiger partial charge in [0.2, 0.25) is 0 Å². The molecule has 0 fully saturated rings. The molecule has 1 aromatic carbocycles. The summed E-state index contributed by atoms with van der Waals surface area (Å²) >= 11 is 6.76. The number of thiophene rings is 1. The Bertz CT molecular complexity index is 394. The number of fused-ring (bicyclic) bond motifs is 1. The van der Waals surface area contributed by atoms with E-state index in [-0.39, 0.29) is 10.2 Å². The molecule has 1 heterocycles. The minimum Gasteiger partial charge on any atom is -0.193 e. The Hall–Kier alpha value is -0.600. The van der Waals surface area contributed by atoms with Crippen molar-refractivity contribution in [3.8, 4) is 0 Å². The van der Waals surface area contributed by atoms with Gasteiger partial charge in [0.25, 0.3) is 0 Å². The second-order valence-electron chi connectivity index (χ2n) is 2.19. The standard InChI is InChI=1S/C8H4ClFS/c9-7-5-3-1-2-4-6(5)11-8(7)10/h1-4H. The van der Waals surface area contributed by atoms with E-state index in [0.717, 1.165) is 21.4 Å². The van der Waals surface area contributed by atoms with Crippen LogP contribution in [-0.4, -0.2) is 0 Å². The summed E-state index contributed by atoms with van der Waals surface area (Å²) in [6, 6.07) is 7.39. The van der Waals surface area contributed by atoms with Crippen molar-refractivity contribution in [3.05, 3.63) is 34.4 Å². The zero-order chi connectivity index (χ0) is 7.84. The lowest BCUT2D eigenvalue weighted by Gasteiger charge is -1.85. The molecule has 0 aliphatic rings.